The van der Waals surface area contributed by atoms with Gasteiger partial charge in [0.2, 0.25) is 0 Å². The van der Waals surface area contributed by atoms with Crippen LogP contribution in [0.3, 0.4) is 0 Å². The molecule has 0 radical (unpaired) electrons. The van der Waals surface area contributed by atoms with Crippen LogP contribution in [0, 0.1) is 0 Å². The number of carbonyl (C=O) groups is 1. The summed E-state index contributed by atoms with van der Waals surface area (Å²) < 4.78 is 0. The average Bonchev–Trinajstić information content (AvgIpc) is 2.64. The van der Waals surface area contributed by atoms with E-state index in [0.29, 0.717) is 11.9 Å². The molecule has 5 heteroatoms. The van der Waals surface area contributed by atoms with Crippen molar-refractivity contribution in [1.29, 1.82) is 0 Å². The van der Waals surface area contributed by atoms with Crippen molar-refractivity contribution in [3.05, 3.63) is 60.3 Å². The highest BCUT2D eigenvalue weighted by molar-refractivity contribution is 5.88. The third kappa shape index (κ3) is 4.57. The normalized spacial score (nSPS) is 20.9. The van der Waals surface area contributed by atoms with Gasteiger partial charge in [0, 0.05) is 38.4 Å². The number of hydrogen-bond donors (Lipinski definition) is 1. The quantitative estimate of drug-likeness (QED) is 0.927. The molecule has 132 valence electrons. The van der Waals surface area contributed by atoms with Crippen molar-refractivity contribution in [2.45, 2.75) is 38.4 Å². The molecule has 1 fully saturated rings. The molecule has 1 aliphatic rings. The Morgan fingerprint density at radius 2 is 2.00 bits per heavy atom. The van der Waals surface area contributed by atoms with Gasteiger partial charge < -0.3 is 4.90 Å². The fourth-order valence-corrected chi connectivity index (χ4v) is 3.40. The van der Waals surface area contributed by atoms with Gasteiger partial charge in [0.05, 0.1) is 0 Å². The molecule has 3 rings (SSSR count). The van der Waals surface area contributed by atoms with E-state index in [1.807, 2.05) is 30.1 Å². The first-order chi connectivity index (χ1) is 12.1. The molecule has 0 bridgehead atoms. The number of likely N-dealkylation sites (tertiary alicyclic amines) is 1. The number of aromatic nitrogens is 1. The third-order valence-corrected chi connectivity index (χ3v) is 4.98. The molecular weight excluding hydrogens is 312 g/mol. The van der Waals surface area contributed by atoms with Crippen molar-refractivity contribution < 1.29 is 4.79 Å². The number of urea groups is 1. The zero-order valence-electron chi connectivity index (χ0n) is 14.9. The number of pyridine rings is 1. The van der Waals surface area contributed by atoms with Crippen molar-refractivity contribution in [2.24, 2.45) is 0 Å². The number of carbonyl (C=O) groups excluding carboxylic acids is 1. The van der Waals surface area contributed by atoms with Crippen molar-refractivity contribution in [2.75, 3.05) is 18.9 Å². The Morgan fingerprint density at radius 3 is 2.68 bits per heavy atom. The fraction of sp³-hybridized carbons (Fsp3) is 0.400. The Kier molecular flexibility index (Phi) is 5.66. The number of nitrogens with zero attached hydrogens (tertiary/aromatic N) is 3. The second-order valence-electron chi connectivity index (χ2n) is 6.74. The van der Waals surface area contributed by atoms with Crippen molar-refractivity contribution in [3.63, 3.8) is 0 Å². The first-order valence-electron chi connectivity index (χ1n) is 8.86. The summed E-state index contributed by atoms with van der Waals surface area (Å²) in [6.45, 7) is 4.22. The average molecular weight is 338 g/mol. The maximum atomic E-state index is 12.5. The van der Waals surface area contributed by atoms with Crippen molar-refractivity contribution in [1.82, 2.24) is 14.8 Å². The summed E-state index contributed by atoms with van der Waals surface area (Å²) in [6, 6.07) is 16.7. The smallest absolute Gasteiger partial charge is 0.323 e. The lowest BCUT2D eigenvalue weighted by Gasteiger charge is -2.41. The highest BCUT2D eigenvalue weighted by Crippen LogP contribution is 2.23. The van der Waals surface area contributed by atoms with Gasteiger partial charge in [-0.3, -0.25) is 10.2 Å². The maximum Gasteiger partial charge on any atom is 0.323 e. The van der Waals surface area contributed by atoms with E-state index >= 15 is 0 Å². The molecule has 1 N–H and O–H groups in total. The lowest BCUT2D eigenvalue weighted by atomic mass is 9.96. The molecular formula is C20H26N4O. The first kappa shape index (κ1) is 17.4. The molecule has 0 aliphatic carbocycles. The Bertz CT molecular complexity index is 677. The van der Waals surface area contributed by atoms with Crippen LogP contribution >= 0.6 is 0 Å². The van der Waals surface area contributed by atoms with E-state index in [1.165, 1.54) is 5.56 Å². The summed E-state index contributed by atoms with van der Waals surface area (Å²) >= 11 is 0. The van der Waals surface area contributed by atoms with E-state index in [0.717, 1.165) is 25.9 Å². The van der Waals surface area contributed by atoms with Crippen LogP contribution in [0.1, 0.15) is 25.3 Å². The summed E-state index contributed by atoms with van der Waals surface area (Å²) in [4.78, 5) is 20.9. The summed E-state index contributed by atoms with van der Waals surface area (Å²) in [5.74, 6) is 0.592. The summed E-state index contributed by atoms with van der Waals surface area (Å²) in [7, 11) is 1.88. The molecule has 2 amide bonds. The molecule has 1 saturated heterocycles. The van der Waals surface area contributed by atoms with Crippen molar-refractivity contribution in [3.8, 4) is 0 Å². The predicted molar refractivity (Wildman–Crippen MR) is 100 cm³/mol. The molecule has 1 aromatic carbocycles. The van der Waals surface area contributed by atoms with Crippen LogP contribution in [0.15, 0.2) is 54.7 Å². The minimum atomic E-state index is -0.0904. The van der Waals surface area contributed by atoms with E-state index in [9.17, 15) is 4.79 Å². The molecule has 1 aliphatic heterocycles. The summed E-state index contributed by atoms with van der Waals surface area (Å²) in [5.41, 5.74) is 1.34. The van der Waals surface area contributed by atoms with Crippen LogP contribution in [0.5, 0.6) is 0 Å². The predicted octanol–water partition coefficient (Wildman–Crippen LogP) is 3.60. The molecule has 5 nitrogen and oxygen atoms in total. The molecule has 25 heavy (non-hydrogen) atoms. The molecule has 0 spiro atoms. The second kappa shape index (κ2) is 8.12. The van der Waals surface area contributed by atoms with E-state index in [-0.39, 0.29) is 12.1 Å². The van der Waals surface area contributed by atoms with Gasteiger partial charge in [0.15, 0.2) is 0 Å². The van der Waals surface area contributed by atoms with Crippen LogP contribution in [-0.2, 0) is 6.54 Å². The molecule has 2 heterocycles. The topological polar surface area (TPSA) is 48.5 Å². The molecule has 2 atom stereocenters. The Morgan fingerprint density at radius 1 is 1.24 bits per heavy atom. The van der Waals surface area contributed by atoms with Crippen LogP contribution in [-0.4, -0.2) is 46.5 Å². The Balaban J connectivity index is 1.54. The van der Waals surface area contributed by atoms with E-state index in [1.54, 1.807) is 12.3 Å². The monoisotopic (exact) mass is 338 g/mol. The van der Waals surface area contributed by atoms with Gasteiger partial charge in [-0.25, -0.2) is 9.78 Å². The molecule has 2 aromatic rings. The van der Waals surface area contributed by atoms with E-state index < -0.39 is 0 Å². The standard InChI is InChI=1S/C20H26N4O/c1-16-14-18(11-13-24(16)15-17-8-4-3-5-9-17)23(2)20(25)22-19-10-6-7-12-21-19/h3-10,12,16,18H,11,13-15H2,1-2H3,(H,21,22,25)/t16-,18+/m0/s1. The number of rotatable bonds is 4. The SMILES string of the molecule is C[C@H]1C[C@H](N(C)C(=O)Nc2ccccn2)CCN1Cc1ccccc1. The van der Waals surface area contributed by atoms with Crippen LogP contribution in [0.4, 0.5) is 10.6 Å². The molecule has 0 unspecified atom stereocenters. The minimum absolute atomic E-state index is 0.0904. The highest BCUT2D eigenvalue weighted by atomic mass is 16.2. The van der Waals surface area contributed by atoms with Gasteiger partial charge in [-0.1, -0.05) is 36.4 Å². The third-order valence-electron chi connectivity index (χ3n) is 4.98. The number of piperidine rings is 1. The van der Waals surface area contributed by atoms with E-state index in [2.05, 4.69) is 46.4 Å². The van der Waals surface area contributed by atoms with Gasteiger partial charge in [-0.15, -0.1) is 0 Å². The zero-order chi connectivity index (χ0) is 17.6. The van der Waals surface area contributed by atoms with E-state index in [4.69, 9.17) is 0 Å². The number of benzene rings is 1. The highest BCUT2D eigenvalue weighted by Gasteiger charge is 2.29. The first-order valence-corrected chi connectivity index (χ1v) is 8.86. The Labute approximate surface area is 149 Å². The Hall–Kier alpha value is -2.40. The van der Waals surface area contributed by atoms with Crippen LogP contribution < -0.4 is 5.32 Å². The molecule has 1 aromatic heterocycles. The number of anilines is 1. The van der Waals surface area contributed by atoms with Gasteiger partial charge in [0.25, 0.3) is 0 Å². The summed E-state index contributed by atoms with van der Waals surface area (Å²) in [5, 5.41) is 2.87. The van der Waals surface area contributed by atoms with Crippen LogP contribution in [0.25, 0.3) is 0 Å². The minimum Gasteiger partial charge on any atom is -0.324 e. The van der Waals surface area contributed by atoms with Crippen LogP contribution in [0.2, 0.25) is 0 Å². The lowest BCUT2D eigenvalue weighted by molar-refractivity contribution is 0.0942. The molecule has 0 saturated carbocycles. The lowest BCUT2D eigenvalue weighted by Crippen LogP contribution is -2.50. The largest absolute Gasteiger partial charge is 0.324 e. The zero-order valence-corrected chi connectivity index (χ0v) is 14.9. The number of nitrogens with one attached hydrogen (secondary N) is 1. The van der Waals surface area contributed by atoms with Crippen molar-refractivity contribution >= 4 is 11.8 Å². The van der Waals surface area contributed by atoms with Gasteiger partial charge >= 0.3 is 6.03 Å². The maximum absolute atomic E-state index is 12.5. The second-order valence-corrected chi connectivity index (χ2v) is 6.74. The van der Waals surface area contributed by atoms with Gasteiger partial charge in [-0.05, 0) is 37.5 Å². The fourth-order valence-electron chi connectivity index (χ4n) is 3.40. The van der Waals surface area contributed by atoms with Gasteiger partial charge in [0.1, 0.15) is 5.82 Å². The number of amides is 2. The number of hydrogen-bond acceptors (Lipinski definition) is 3. The van der Waals surface area contributed by atoms with Gasteiger partial charge in [-0.2, -0.15) is 0 Å². The summed E-state index contributed by atoms with van der Waals surface area (Å²) in [6.07, 6.45) is 3.65.